The molecule has 11 heteroatoms. The minimum atomic E-state index is -1.39. The lowest BCUT2D eigenvalue weighted by molar-refractivity contribution is 0.200. The highest BCUT2D eigenvalue weighted by molar-refractivity contribution is 6.03. The summed E-state index contributed by atoms with van der Waals surface area (Å²) in [6.07, 6.45) is 13.0. The number of carbonyl (C=O) groups is 1. The van der Waals surface area contributed by atoms with Gasteiger partial charge in [0, 0.05) is 24.7 Å². The van der Waals surface area contributed by atoms with Crippen molar-refractivity contribution in [2.75, 3.05) is 5.32 Å². The largest absolute Gasteiger partial charge is 0.465 e. The number of hydrogen-bond donors (Lipinski definition) is 4. The van der Waals surface area contributed by atoms with E-state index < -0.39 is 17.7 Å². The molecule has 5 rings (SSSR count). The zero-order valence-corrected chi connectivity index (χ0v) is 23.7. The highest BCUT2D eigenvalue weighted by Gasteiger charge is 2.30. The molecule has 2 aliphatic rings. The van der Waals surface area contributed by atoms with Crippen molar-refractivity contribution in [3.05, 3.63) is 29.5 Å². The quantitative estimate of drug-likeness (QED) is 0.155. The fourth-order valence-electron chi connectivity index (χ4n) is 5.87. The summed E-state index contributed by atoms with van der Waals surface area (Å²) in [4.78, 5) is 29.6. The first-order valence-electron chi connectivity index (χ1n) is 14.4. The van der Waals surface area contributed by atoms with Crippen molar-refractivity contribution in [3.8, 4) is 23.9 Å². The number of fused-ring (bicyclic) bond motifs is 1. The van der Waals surface area contributed by atoms with Gasteiger partial charge in [0.15, 0.2) is 34.8 Å². The first-order chi connectivity index (χ1) is 19.7. The Morgan fingerprint density at radius 3 is 2.54 bits per heavy atom. The molecule has 2 saturated carbocycles. The molecule has 3 aromatic rings. The number of imidazole rings is 1. The highest BCUT2D eigenvalue weighted by atomic mass is 19.1. The number of aromatic nitrogens is 5. The molecule has 216 valence electrons. The van der Waals surface area contributed by atoms with Crippen molar-refractivity contribution in [3.63, 3.8) is 0 Å². The van der Waals surface area contributed by atoms with E-state index in [-0.39, 0.29) is 41.0 Å². The molecule has 4 N–H and O–H groups in total. The van der Waals surface area contributed by atoms with Gasteiger partial charge < -0.3 is 15.0 Å². The Balaban J connectivity index is 1.68. The fourth-order valence-corrected chi connectivity index (χ4v) is 5.87. The molecule has 3 heterocycles. The van der Waals surface area contributed by atoms with Crippen molar-refractivity contribution >= 4 is 28.9 Å². The first-order valence-corrected chi connectivity index (χ1v) is 14.4. The number of amidine groups is 1. The summed E-state index contributed by atoms with van der Waals surface area (Å²) < 4.78 is 17.9. The van der Waals surface area contributed by atoms with Crippen LogP contribution in [-0.2, 0) is 6.54 Å². The predicted molar refractivity (Wildman–Crippen MR) is 155 cm³/mol. The zero-order chi connectivity index (χ0) is 29.3. The summed E-state index contributed by atoms with van der Waals surface area (Å²) in [6, 6.07) is 1.76. The topological polar surface area (TPSA) is 142 Å². The van der Waals surface area contributed by atoms with Gasteiger partial charge in [-0.2, -0.15) is 0 Å². The van der Waals surface area contributed by atoms with E-state index in [4.69, 9.17) is 16.8 Å². The summed E-state index contributed by atoms with van der Waals surface area (Å²) >= 11 is 0. The molecule has 1 amide bonds. The van der Waals surface area contributed by atoms with Gasteiger partial charge in [-0.1, -0.05) is 20.3 Å². The van der Waals surface area contributed by atoms with Gasteiger partial charge in [-0.05, 0) is 74.8 Å². The van der Waals surface area contributed by atoms with Crippen LogP contribution < -0.4 is 10.6 Å². The second-order valence-corrected chi connectivity index (χ2v) is 11.6. The number of halogens is 1. The van der Waals surface area contributed by atoms with Crippen molar-refractivity contribution in [2.45, 2.75) is 84.2 Å². The van der Waals surface area contributed by atoms with E-state index >= 15 is 4.39 Å². The summed E-state index contributed by atoms with van der Waals surface area (Å²) in [5.41, 5.74) is 1.51. The number of carboxylic acid groups (broad SMARTS) is 1. The van der Waals surface area contributed by atoms with E-state index in [1.807, 2.05) is 23.7 Å². The van der Waals surface area contributed by atoms with Crippen LogP contribution in [0, 0.1) is 41.3 Å². The van der Waals surface area contributed by atoms with Crippen molar-refractivity contribution in [1.29, 1.82) is 5.41 Å². The lowest BCUT2D eigenvalue weighted by Gasteiger charge is -2.32. The third kappa shape index (κ3) is 5.87. The number of pyridine rings is 1. The van der Waals surface area contributed by atoms with Crippen molar-refractivity contribution < 1.29 is 14.3 Å². The molecule has 0 aromatic carbocycles. The van der Waals surface area contributed by atoms with Gasteiger partial charge in [0.25, 0.3) is 0 Å². The summed E-state index contributed by atoms with van der Waals surface area (Å²) in [5.74, 6) is 3.63. The number of amides is 1. The van der Waals surface area contributed by atoms with Crippen LogP contribution in [0.2, 0.25) is 0 Å². The molecular formula is C30H37FN8O2. The molecule has 0 radical (unpaired) electrons. The first kappa shape index (κ1) is 28.5. The zero-order valence-electron chi connectivity index (χ0n) is 23.7. The lowest BCUT2D eigenvalue weighted by atomic mass is 9.80. The normalized spacial score (nSPS) is 19.9. The van der Waals surface area contributed by atoms with E-state index in [1.54, 1.807) is 12.3 Å². The molecule has 10 nitrogen and oxygen atoms in total. The van der Waals surface area contributed by atoms with E-state index in [0.29, 0.717) is 35.2 Å². The average Bonchev–Trinajstić information content (AvgIpc) is 3.25. The number of nitrogens with zero attached hydrogens (tertiary/aromatic N) is 5. The molecule has 0 aliphatic heterocycles. The maximum absolute atomic E-state index is 15.9. The van der Waals surface area contributed by atoms with Gasteiger partial charge in [0.2, 0.25) is 0 Å². The van der Waals surface area contributed by atoms with Crippen LogP contribution in [0.5, 0.6) is 0 Å². The minimum absolute atomic E-state index is 0.0527. The number of anilines is 1. The standard InChI is InChI=1S/C30H37FN8O2/c1-5-18-9-11-19(12-10-18)15-39-24-26(34-17(4)20-7-6-8-20)36-28(25(32)35-30(40)41)37-27(24)38-29(39)23-22(31)21(16(2)3)13-14-33-23/h1,13-14,16-20H,6-12,15H2,2-4H3,(H2,32,35)(H,40,41)(H,34,36,37)/t17-,18-,19-/m1/s1. The molecule has 0 unspecified atom stereocenters. The number of hydrogen-bond acceptors (Lipinski definition) is 7. The number of rotatable bonds is 8. The Morgan fingerprint density at radius 2 is 1.93 bits per heavy atom. The van der Waals surface area contributed by atoms with Crippen molar-refractivity contribution in [2.24, 2.45) is 17.8 Å². The van der Waals surface area contributed by atoms with Gasteiger partial charge in [0.1, 0.15) is 11.2 Å². The van der Waals surface area contributed by atoms with Gasteiger partial charge in [-0.3, -0.25) is 10.7 Å². The summed E-state index contributed by atoms with van der Waals surface area (Å²) in [5, 5.41) is 23.0. The molecule has 2 aliphatic carbocycles. The minimum Gasteiger partial charge on any atom is -0.465 e. The number of terminal acetylenes is 1. The SMILES string of the molecule is C#C[C@H]1CC[C@H](Cn2c(-c3nccc(C(C)C)c3F)nc3nc(C(=N)NC(=O)O)nc(N[C@H](C)C4CCC4)c32)CC1. The fraction of sp³-hybridized carbons (Fsp3) is 0.533. The van der Waals surface area contributed by atoms with E-state index in [1.165, 1.54) is 6.42 Å². The Morgan fingerprint density at radius 1 is 1.20 bits per heavy atom. The van der Waals surface area contributed by atoms with Gasteiger partial charge in [0.05, 0.1) is 0 Å². The Hall–Kier alpha value is -4.07. The van der Waals surface area contributed by atoms with Crippen LogP contribution in [-0.4, -0.2) is 47.6 Å². The Labute approximate surface area is 239 Å². The van der Waals surface area contributed by atoms with Gasteiger partial charge in [-0.25, -0.2) is 29.1 Å². The van der Waals surface area contributed by atoms with Crippen LogP contribution in [0.15, 0.2) is 12.3 Å². The highest BCUT2D eigenvalue weighted by Crippen LogP contribution is 2.37. The second kappa shape index (κ2) is 11.8. The van der Waals surface area contributed by atoms with Crippen LogP contribution in [0.4, 0.5) is 15.0 Å². The second-order valence-electron chi connectivity index (χ2n) is 11.6. The monoisotopic (exact) mass is 560 g/mol. The predicted octanol–water partition coefficient (Wildman–Crippen LogP) is 5.78. The van der Waals surface area contributed by atoms with Crippen molar-refractivity contribution in [1.82, 2.24) is 29.8 Å². The molecule has 41 heavy (non-hydrogen) atoms. The van der Waals surface area contributed by atoms with E-state index in [2.05, 4.69) is 33.1 Å². The van der Waals surface area contributed by atoms with Crippen LogP contribution in [0.1, 0.15) is 83.0 Å². The third-order valence-corrected chi connectivity index (χ3v) is 8.56. The average molecular weight is 561 g/mol. The van der Waals surface area contributed by atoms with E-state index in [9.17, 15) is 9.90 Å². The third-order valence-electron chi connectivity index (χ3n) is 8.56. The summed E-state index contributed by atoms with van der Waals surface area (Å²) in [7, 11) is 0. The Bertz CT molecular complexity index is 1500. The maximum Gasteiger partial charge on any atom is 0.410 e. The molecule has 3 aromatic heterocycles. The molecule has 2 fully saturated rings. The Kier molecular flexibility index (Phi) is 8.20. The maximum atomic E-state index is 15.9. The van der Waals surface area contributed by atoms with Gasteiger partial charge in [-0.15, -0.1) is 12.3 Å². The van der Waals surface area contributed by atoms with Crippen LogP contribution in [0.25, 0.3) is 22.7 Å². The molecule has 0 saturated heterocycles. The lowest BCUT2D eigenvalue weighted by Crippen LogP contribution is -2.33. The molecular weight excluding hydrogens is 523 g/mol. The molecule has 0 spiro atoms. The van der Waals surface area contributed by atoms with Crippen LogP contribution in [0.3, 0.4) is 0 Å². The summed E-state index contributed by atoms with van der Waals surface area (Å²) in [6.45, 7) is 6.50. The van der Waals surface area contributed by atoms with E-state index in [0.717, 1.165) is 38.5 Å². The van der Waals surface area contributed by atoms with Crippen LogP contribution >= 0.6 is 0 Å². The molecule has 0 bridgehead atoms. The van der Waals surface area contributed by atoms with Gasteiger partial charge >= 0.3 is 6.09 Å². The smallest absolute Gasteiger partial charge is 0.410 e. The molecule has 1 atom stereocenters. The number of nitrogens with one attached hydrogen (secondary N) is 3.